The summed E-state index contributed by atoms with van der Waals surface area (Å²) in [6.45, 7) is 14.3. The van der Waals surface area contributed by atoms with E-state index in [2.05, 4.69) is 99.5 Å². The van der Waals surface area contributed by atoms with E-state index >= 15 is 0 Å². The molecule has 0 atom stereocenters. The van der Waals surface area contributed by atoms with E-state index in [1.54, 1.807) is 0 Å². The molecule has 28 heavy (non-hydrogen) atoms. The molecule has 0 fully saturated rings. The fourth-order valence-corrected chi connectivity index (χ4v) is 4.89. The third kappa shape index (κ3) is 2.18. The zero-order valence-corrected chi connectivity index (χ0v) is 16.3. The number of fused-ring (bicyclic) bond motifs is 5. The molecule has 0 aliphatic heterocycles. The van der Waals surface area contributed by atoms with Crippen LogP contribution < -0.4 is 0 Å². The Labute approximate surface area is 167 Å². The van der Waals surface area contributed by atoms with Crippen LogP contribution in [0.2, 0.25) is 0 Å². The maximum atomic E-state index is 4.23. The minimum Gasteiger partial charge on any atom is -0.0991 e. The summed E-state index contributed by atoms with van der Waals surface area (Å²) in [6, 6.07) is 17.4. The Balaban J connectivity index is 2.25. The van der Waals surface area contributed by atoms with Crippen molar-refractivity contribution in [3.63, 3.8) is 0 Å². The monoisotopic (exact) mass is 360 g/mol. The van der Waals surface area contributed by atoms with Gasteiger partial charge in [0.05, 0.1) is 5.41 Å². The third-order valence-electron chi connectivity index (χ3n) is 5.74. The molecule has 2 aliphatic rings. The second-order valence-corrected chi connectivity index (χ2v) is 7.00. The van der Waals surface area contributed by atoms with Gasteiger partial charge in [-0.15, -0.1) is 0 Å². The summed E-state index contributed by atoms with van der Waals surface area (Å²) in [6.07, 6.45) is 14.3. The summed E-state index contributed by atoms with van der Waals surface area (Å²) in [4.78, 5) is 0. The van der Waals surface area contributed by atoms with E-state index in [4.69, 9.17) is 0 Å². The maximum absolute atomic E-state index is 4.23. The Morgan fingerprint density at radius 2 is 1.36 bits per heavy atom. The molecule has 0 unspecified atom stereocenters. The number of benzene rings is 2. The summed E-state index contributed by atoms with van der Waals surface area (Å²) < 4.78 is 0. The van der Waals surface area contributed by atoms with E-state index in [9.17, 15) is 0 Å². The van der Waals surface area contributed by atoms with Crippen molar-refractivity contribution in [1.29, 1.82) is 0 Å². The minimum absolute atomic E-state index is 0.382. The summed E-state index contributed by atoms with van der Waals surface area (Å²) in [7, 11) is 0. The highest BCUT2D eigenvalue weighted by Crippen LogP contribution is 2.63. The van der Waals surface area contributed by atoms with Crippen LogP contribution in [0.25, 0.3) is 11.1 Å². The first-order chi connectivity index (χ1) is 13.7. The molecule has 2 aromatic carbocycles. The Kier molecular flexibility index (Phi) is 4.49. The molecule has 0 saturated carbocycles. The highest BCUT2D eigenvalue weighted by atomic mass is 14.5. The molecule has 136 valence electrons. The van der Waals surface area contributed by atoms with Gasteiger partial charge in [0.15, 0.2) is 0 Å². The van der Waals surface area contributed by atoms with E-state index in [1.807, 2.05) is 18.2 Å². The van der Waals surface area contributed by atoms with Crippen LogP contribution in [-0.4, -0.2) is 0 Å². The number of hydrogen-bond donors (Lipinski definition) is 0. The van der Waals surface area contributed by atoms with Crippen LogP contribution in [0.15, 0.2) is 133 Å². The standard InChI is InChI=1S/C28H24/c1-5-13-20-21(14-6-2)25(15-7-3)28(24(20)8-4)26-18-11-9-16-22(26)23-17-10-12-19-27(23)28/h5-19H,2-4H2,1H3/b13-5-,21-14-,25-15+. The van der Waals surface area contributed by atoms with Crippen LogP contribution in [0.1, 0.15) is 18.1 Å². The van der Waals surface area contributed by atoms with Crippen LogP contribution in [0, 0.1) is 0 Å². The van der Waals surface area contributed by atoms with Gasteiger partial charge < -0.3 is 0 Å². The largest absolute Gasteiger partial charge is 0.0991 e. The van der Waals surface area contributed by atoms with Crippen molar-refractivity contribution in [1.82, 2.24) is 0 Å². The predicted octanol–water partition coefficient (Wildman–Crippen LogP) is 7.25. The molecule has 2 aliphatic carbocycles. The lowest BCUT2D eigenvalue weighted by Gasteiger charge is -2.32. The summed E-state index contributed by atoms with van der Waals surface area (Å²) >= 11 is 0. The van der Waals surface area contributed by atoms with E-state index in [0.717, 1.165) is 0 Å². The second-order valence-electron chi connectivity index (χ2n) is 7.00. The molecule has 0 saturated heterocycles. The molecule has 0 aromatic heterocycles. The van der Waals surface area contributed by atoms with Gasteiger partial charge in [-0.2, -0.15) is 0 Å². The van der Waals surface area contributed by atoms with Gasteiger partial charge in [-0.25, -0.2) is 0 Å². The van der Waals surface area contributed by atoms with Gasteiger partial charge in [-0.3, -0.25) is 0 Å². The van der Waals surface area contributed by atoms with Crippen molar-refractivity contribution in [3.05, 3.63) is 144 Å². The van der Waals surface area contributed by atoms with Crippen molar-refractivity contribution in [2.24, 2.45) is 0 Å². The van der Waals surface area contributed by atoms with Crippen LogP contribution >= 0.6 is 0 Å². The van der Waals surface area contributed by atoms with E-state index in [1.165, 1.54) is 44.5 Å². The average Bonchev–Trinajstić information content (AvgIpc) is 3.16. The van der Waals surface area contributed by atoms with Crippen LogP contribution in [0.5, 0.6) is 0 Å². The molecule has 2 aromatic rings. The molecular formula is C28H24. The minimum atomic E-state index is -0.382. The fourth-order valence-electron chi connectivity index (χ4n) is 4.89. The van der Waals surface area contributed by atoms with Gasteiger partial charge in [0.2, 0.25) is 0 Å². The van der Waals surface area contributed by atoms with Gasteiger partial charge in [0.1, 0.15) is 0 Å². The topological polar surface area (TPSA) is 0 Å². The van der Waals surface area contributed by atoms with Crippen molar-refractivity contribution in [2.45, 2.75) is 12.3 Å². The molecular weight excluding hydrogens is 336 g/mol. The Morgan fingerprint density at radius 3 is 1.86 bits per heavy atom. The van der Waals surface area contributed by atoms with Gasteiger partial charge >= 0.3 is 0 Å². The Morgan fingerprint density at radius 1 is 0.786 bits per heavy atom. The first-order valence-corrected chi connectivity index (χ1v) is 9.61. The van der Waals surface area contributed by atoms with Crippen LogP contribution in [0.4, 0.5) is 0 Å². The van der Waals surface area contributed by atoms with Crippen LogP contribution in [-0.2, 0) is 5.41 Å². The zero-order chi connectivity index (χ0) is 19.7. The van der Waals surface area contributed by atoms with Gasteiger partial charge in [0, 0.05) is 0 Å². The van der Waals surface area contributed by atoms with Crippen molar-refractivity contribution in [2.75, 3.05) is 0 Å². The number of rotatable bonds is 4. The molecule has 0 bridgehead atoms. The maximum Gasteiger partial charge on any atom is 0.0725 e. The predicted molar refractivity (Wildman–Crippen MR) is 121 cm³/mol. The molecule has 0 radical (unpaired) electrons. The SMILES string of the molecule is C=C/C=C1/C(/C=C\C)=C(C=C)C2(/C1=C/C=C)c1ccccc1-c1ccccc12. The summed E-state index contributed by atoms with van der Waals surface area (Å²) in [5, 5.41) is 0. The molecule has 0 nitrogen and oxygen atoms in total. The van der Waals surface area contributed by atoms with Crippen LogP contribution in [0.3, 0.4) is 0 Å². The highest BCUT2D eigenvalue weighted by Gasteiger charge is 2.52. The van der Waals surface area contributed by atoms with E-state index < -0.39 is 0 Å². The lowest BCUT2D eigenvalue weighted by atomic mass is 9.69. The van der Waals surface area contributed by atoms with Crippen molar-refractivity contribution in [3.8, 4) is 11.1 Å². The average molecular weight is 361 g/mol. The lowest BCUT2D eigenvalue weighted by Crippen LogP contribution is -2.26. The lowest BCUT2D eigenvalue weighted by molar-refractivity contribution is 0.783. The van der Waals surface area contributed by atoms with Gasteiger partial charge in [-0.05, 0) is 51.5 Å². The molecule has 4 rings (SSSR count). The first-order valence-electron chi connectivity index (χ1n) is 9.61. The molecule has 0 heteroatoms. The molecule has 0 heterocycles. The van der Waals surface area contributed by atoms with Crippen molar-refractivity contribution < 1.29 is 0 Å². The Bertz CT molecular complexity index is 1070. The van der Waals surface area contributed by atoms with Crippen molar-refractivity contribution >= 4 is 0 Å². The fraction of sp³-hybridized carbons (Fsp3) is 0.0714. The molecule has 0 amide bonds. The smallest absolute Gasteiger partial charge is 0.0725 e. The molecule has 1 spiro atoms. The van der Waals surface area contributed by atoms with Gasteiger partial charge in [-0.1, -0.05) is 111 Å². The Hall–Kier alpha value is -3.38. The zero-order valence-electron chi connectivity index (χ0n) is 16.3. The quantitative estimate of drug-likeness (QED) is 0.538. The normalized spacial score (nSPS) is 19.5. The van der Waals surface area contributed by atoms with E-state index in [-0.39, 0.29) is 5.41 Å². The second kappa shape index (κ2) is 6.98. The number of allylic oxidation sites excluding steroid dienone is 11. The molecule has 0 N–H and O–H groups in total. The summed E-state index contributed by atoms with van der Waals surface area (Å²) in [5.74, 6) is 0. The third-order valence-corrected chi connectivity index (χ3v) is 5.74. The first kappa shape index (κ1) is 18.0. The van der Waals surface area contributed by atoms with E-state index in [0.29, 0.717) is 0 Å². The van der Waals surface area contributed by atoms with Gasteiger partial charge in [0.25, 0.3) is 0 Å². The summed E-state index contributed by atoms with van der Waals surface area (Å²) in [5.41, 5.74) is 9.59. The number of hydrogen-bond acceptors (Lipinski definition) is 0. The highest BCUT2D eigenvalue weighted by molar-refractivity contribution is 5.91.